The molecule has 0 radical (unpaired) electrons. The number of benzene rings is 1. The third-order valence-electron chi connectivity index (χ3n) is 2.87. The highest BCUT2D eigenvalue weighted by molar-refractivity contribution is 9.10. The number of nitrogens with one attached hydrogen (secondary N) is 2. The molecule has 0 aliphatic carbocycles. The summed E-state index contributed by atoms with van der Waals surface area (Å²) < 4.78 is 0.325. The Morgan fingerprint density at radius 1 is 1.43 bits per heavy atom. The van der Waals surface area contributed by atoms with Crippen molar-refractivity contribution in [1.29, 1.82) is 0 Å². The van der Waals surface area contributed by atoms with Gasteiger partial charge in [0.15, 0.2) is 5.82 Å². The molecule has 0 atom stereocenters. The number of anilines is 1. The first kappa shape index (κ1) is 15.2. The molecule has 8 heteroatoms. The van der Waals surface area contributed by atoms with E-state index in [4.69, 9.17) is 0 Å². The van der Waals surface area contributed by atoms with Crippen LogP contribution in [-0.4, -0.2) is 21.0 Å². The number of aromatic nitrogens is 2. The largest absolute Gasteiger partial charge is 0.305 e. The molecule has 0 unspecified atom stereocenters. The fraction of sp³-hybridized carbons (Fsp3) is 0.231. The Morgan fingerprint density at radius 3 is 2.71 bits per heavy atom. The van der Waals surface area contributed by atoms with E-state index in [2.05, 4.69) is 31.4 Å². The fourth-order valence-corrected chi connectivity index (χ4v) is 2.07. The Morgan fingerprint density at radius 2 is 2.14 bits per heavy atom. The number of hydrogen-bond donors (Lipinski definition) is 2. The van der Waals surface area contributed by atoms with Crippen LogP contribution < -0.4 is 5.32 Å². The minimum atomic E-state index is -0.549. The molecular weight excluding hydrogens is 340 g/mol. The zero-order valence-corrected chi connectivity index (χ0v) is 13.0. The van der Waals surface area contributed by atoms with Gasteiger partial charge >= 0.3 is 0 Å². The Bertz CT molecular complexity index is 696. The second-order valence-corrected chi connectivity index (χ2v) is 5.59. The second-order valence-electron chi connectivity index (χ2n) is 4.74. The van der Waals surface area contributed by atoms with Crippen molar-refractivity contribution in [2.45, 2.75) is 19.8 Å². The zero-order valence-electron chi connectivity index (χ0n) is 11.4. The van der Waals surface area contributed by atoms with Gasteiger partial charge < -0.3 is 5.32 Å². The van der Waals surface area contributed by atoms with E-state index in [0.29, 0.717) is 10.3 Å². The minimum Gasteiger partial charge on any atom is -0.305 e. The van der Waals surface area contributed by atoms with Gasteiger partial charge in [0.25, 0.3) is 11.6 Å². The number of aromatic amines is 1. The van der Waals surface area contributed by atoms with E-state index in [0.717, 1.165) is 5.69 Å². The second kappa shape index (κ2) is 6.04. The minimum absolute atomic E-state index is 0.160. The number of amides is 1. The van der Waals surface area contributed by atoms with Gasteiger partial charge in [-0.15, -0.1) is 0 Å². The molecule has 0 bridgehead atoms. The molecule has 1 amide bonds. The van der Waals surface area contributed by atoms with Crippen molar-refractivity contribution < 1.29 is 9.72 Å². The van der Waals surface area contributed by atoms with Gasteiger partial charge in [-0.05, 0) is 34.0 Å². The van der Waals surface area contributed by atoms with Gasteiger partial charge in [0.1, 0.15) is 0 Å². The number of nitro benzene ring substituents is 1. The standard InChI is InChI=1S/C13H13BrN4O3/c1-7(2)10-6-12(17-16-10)15-13(19)8-3-4-9(14)11(5-8)18(20)21/h3-7H,1-2H3,(H2,15,16,17,19). The van der Waals surface area contributed by atoms with Crippen molar-refractivity contribution in [3.8, 4) is 0 Å². The van der Waals surface area contributed by atoms with Crippen LogP contribution in [-0.2, 0) is 0 Å². The average Bonchev–Trinajstić information content (AvgIpc) is 2.87. The van der Waals surface area contributed by atoms with Gasteiger partial charge in [-0.3, -0.25) is 20.0 Å². The summed E-state index contributed by atoms with van der Waals surface area (Å²) in [6.45, 7) is 3.99. The highest BCUT2D eigenvalue weighted by atomic mass is 79.9. The summed E-state index contributed by atoms with van der Waals surface area (Å²) in [7, 11) is 0. The quantitative estimate of drug-likeness (QED) is 0.649. The van der Waals surface area contributed by atoms with Crippen LogP contribution >= 0.6 is 15.9 Å². The first-order valence-corrected chi connectivity index (χ1v) is 6.98. The van der Waals surface area contributed by atoms with Crippen molar-refractivity contribution in [2.75, 3.05) is 5.32 Å². The van der Waals surface area contributed by atoms with E-state index in [1.807, 2.05) is 13.8 Å². The molecular formula is C13H13BrN4O3. The lowest BCUT2D eigenvalue weighted by Crippen LogP contribution is -2.12. The monoisotopic (exact) mass is 352 g/mol. The highest BCUT2D eigenvalue weighted by Gasteiger charge is 2.17. The van der Waals surface area contributed by atoms with Crippen LogP contribution in [0.3, 0.4) is 0 Å². The molecule has 0 fully saturated rings. The Kier molecular flexibility index (Phi) is 4.37. The van der Waals surface area contributed by atoms with Crippen molar-refractivity contribution in [3.63, 3.8) is 0 Å². The van der Waals surface area contributed by atoms with Crippen molar-refractivity contribution >= 4 is 33.3 Å². The molecule has 2 rings (SSSR count). The summed E-state index contributed by atoms with van der Waals surface area (Å²) in [5.41, 5.74) is 0.929. The summed E-state index contributed by atoms with van der Waals surface area (Å²) >= 11 is 3.08. The predicted molar refractivity (Wildman–Crippen MR) is 81.4 cm³/mol. The van der Waals surface area contributed by atoms with Crippen LogP contribution in [0.4, 0.5) is 11.5 Å². The maximum atomic E-state index is 12.1. The van der Waals surface area contributed by atoms with Crippen LogP contribution in [0.1, 0.15) is 35.8 Å². The highest BCUT2D eigenvalue weighted by Crippen LogP contribution is 2.26. The maximum absolute atomic E-state index is 12.1. The summed E-state index contributed by atoms with van der Waals surface area (Å²) in [5.74, 6) is 0.193. The van der Waals surface area contributed by atoms with Gasteiger partial charge in [-0.1, -0.05) is 13.8 Å². The van der Waals surface area contributed by atoms with E-state index in [1.54, 1.807) is 6.07 Å². The molecule has 1 aromatic heterocycles. The number of nitrogens with zero attached hydrogens (tertiary/aromatic N) is 2. The lowest BCUT2D eigenvalue weighted by Gasteiger charge is -2.03. The van der Waals surface area contributed by atoms with Crippen molar-refractivity contribution in [3.05, 3.63) is 50.1 Å². The van der Waals surface area contributed by atoms with E-state index in [9.17, 15) is 14.9 Å². The molecule has 2 aromatic rings. The molecule has 7 nitrogen and oxygen atoms in total. The summed E-state index contributed by atoms with van der Waals surface area (Å²) in [5, 5.41) is 20.3. The lowest BCUT2D eigenvalue weighted by molar-refractivity contribution is -0.385. The number of carbonyl (C=O) groups excluding carboxylic acids is 1. The molecule has 0 aliphatic heterocycles. The van der Waals surface area contributed by atoms with Crippen LogP contribution in [0.5, 0.6) is 0 Å². The first-order chi connectivity index (χ1) is 9.88. The molecule has 1 heterocycles. The van der Waals surface area contributed by atoms with Gasteiger partial charge in [0.05, 0.1) is 9.40 Å². The van der Waals surface area contributed by atoms with E-state index in [1.165, 1.54) is 18.2 Å². The Balaban J connectivity index is 2.20. The topological polar surface area (TPSA) is 101 Å². The van der Waals surface area contributed by atoms with Crippen molar-refractivity contribution in [1.82, 2.24) is 10.2 Å². The normalized spacial score (nSPS) is 10.7. The number of hydrogen-bond acceptors (Lipinski definition) is 4. The predicted octanol–water partition coefficient (Wildman–Crippen LogP) is 3.46. The zero-order chi connectivity index (χ0) is 15.6. The Hall–Kier alpha value is -2.22. The number of nitro groups is 1. The van der Waals surface area contributed by atoms with E-state index in [-0.39, 0.29) is 17.2 Å². The van der Waals surface area contributed by atoms with Gasteiger partial charge in [0, 0.05) is 23.4 Å². The average molecular weight is 353 g/mol. The number of halogens is 1. The van der Waals surface area contributed by atoms with Gasteiger partial charge in [-0.25, -0.2) is 0 Å². The summed E-state index contributed by atoms with van der Waals surface area (Å²) in [4.78, 5) is 22.4. The van der Waals surface area contributed by atoms with Crippen LogP contribution in [0.15, 0.2) is 28.7 Å². The molecule has 2 N–H and O–H groups in total. The maximum Gasteiger partial charge on any atom is 0.284 e. The Labute approximate surface area is 129 Å². The van der Waals surface area contributed by atoms with Crippen LogP contribution in [0.25, 0.3) is 0 Å². The van der Waals surface area contributed by atoms with E-state index >= 15 is 0 Å². The molecule has 0 spiro atoms. The molecule has 0 aliphatic rings. The molecule has 110 valence electrons. The van der Waals surface area contributed by atoms with Crippen LogP contribution in [0.2, 0.25) is 0 Å². The first-order valence-electron chi connectivity index (χ1n) is 6.19. The molecule has 21 heavy (non-hydrogen) atoms. The number of H-pyrrole nitrogens is 1. The summed E-state index contributed by atoms with van der Waals surface area (Å²) in [6, 6.07) is 5.92. The third kappa shape index (κ3) is 3.46. The number of rotatable bonds is 4. The van der Waals surface area contributed by atoms with Crippen molar-refractivity contribution in [2.24, 2.45) is 0 Å². The lowest BCUT2D eigenvalue weighted by atomic mass is 10.1. The SMILES string of the molecule is CC(C)c1cc(NC(=O)c2ccc(Br)c([N+](=O)[O-])c2)n[nH]1. The van der Waals surface area contributed by atoms with Crippen LogP contribution in [0, 0.1) is 10.1 Å². The van der Waals surface area contributed by atoms with E-state index < -0.39 is 10.8 Å². The molecule has 1 aromatic carbocycles. The fourth-order valence-electron chi connectivity index (χ4n) is 1.68. The van der Waals surface area contributed by atoms with Gasteiger partial charge in [-0.2, -0.15) is 5.10 Å². The molecule has 0 saturated carbocycles. The van der Waals surface area contributed by atoms with Gasteiger partial charge in [0.2, 0.25) is 0 Å². The smallest absolute Gasteiger partial charge is 0.284 e. The summed E-state index contributed by atoms with van der Waals surface area (Å²) in [6.07, 6.45) is 0. The molecule has 0 saturated heterocycles. The number of carbonyl (C=O) groups is 1. The third-order valence-corrected chi connectivity index (χ3v) is 3.54.